The molecule has 0 bridgehead atoms. The van der Waals surface area contributed by atoms with Gasteiger partial charge in [-0.1, -0.05) is 37.0 Å². The minimum absolute atomic E-state index is 0.0315. The third-order valence-corrected chi connectivity index (χ3v) is 5.63. The molecule has 5 rings (SSSR count). The number of hydrogen-bond donors (Lipinski definition) is 1. The van der Waals surface area contributed by atoms with Crippen LogP contribution in [-0.4, -0.2) is 25.7 Å². The predicted molar refractivity (Wildman–Crippen MR) is 99.1 cm³/mol. The van der Waals surface area contributed by atoms with E-state index in [1.54, 1.807) is 0 Å². The van der Waals surface area contributed by atoms with Gasteiger partial charge < -0.3 is 5.32 Å². The second-order valence-corrected chi connectivity index (χ2v) is 7.41. The lowest BCUT2D eigenvalue weighted by molar-refractivity contribution is -0.116. The quantitative estimate of drug-likeness (QED) is 0.767. The van der Waals surface area contributed by atoms with Gasteiger partial charge in [0.1, 0.15) is 12.2 Å². The largest absolute Gasteiger partial charge is 0.325 e. The first-order chi connectivity index (χ1) is 12.7. The summed E-state index contributed by atoms with van der Waals surface area (Å²) < 4.78 is 2.05. The van der Waals surface area contributed by atoms with Crippen LogP contribution in [0.15, 0.2) is 30.7 Å². The van der Waals surface area contributed by atoms with E-state index in [1.165, 1.54) is 25.6 Å². The minimum atomic E-state index is -0.403. The van der Waals surface area contributed by atoms with Crippen LogP contribution in [0.1, 0.15) is 60.9 Å². The van der Waals surface area contributed by atoms with Gasteiger partial charge in [-0.2, -0.15) is 5.10 Å². The highest BCUT2D eigenvalue weighted by molar-refractivity contribution is 6.06. The Hall–Kier alpha value is -2.76. The maximum absolute atomic E-state index is 12.7. The predicted octanol–water partition coefficient (Wildman–Crippen LogP) is 3.72. The van der Waals surface area contributed by atoms with Crippen LogP contribution in [0.25, 0.3) is 11.0 Å². The molecule has 1 aliphatic heterocycles. The van der Waals surface area contributed by atoms with E-state index in [9.17, 15) is 4.79 Å². The van der Waals surface area contributed by atoms with Crippen molar-refractivity contribution in [1.82, 2.24) is 19.7 Å². The van der Waals surface area contributed by atoms with Crippen molar-refractivity contribution in [1.29, 1.82) is 0 Å². The summed E-state index contributed by atoms with van der Waals surface area (Å²) in [5.41, 5.74) is 4.42. The van der Waals surface area contributed by atoms with E-state index in [-0.39, 0.29) is 5.91 Å². The number of rotatable bonds is 2. The highest BCUT2D eigenvalue weighted by Crippen LogP contribution is 2.39. The van der Waals surface area contributed by atoms with Crippen LogP contribution < -0.4 is 5.32 Å². The van der Waals surface area contributed by atoms with Gasteiger partial charge in [-0.25, -0.2) is 9.97 Å². The molecule has 1 unspecified atom stereocenters. The van der Waals surface area contributed by atoms with Crippen LogP contribution >= 0.6 is 0 Å². The number of aryl methyl sites for hydroxylation is 1. The molecule has 2 aliphatic rings. The second-order valence-electron chi connectivity index (χ2n) is 7.41. The zero-order chi connectivity index (χ0) is 17.7. The van der Waals surface area contributed by atoms with E-state index in [4.69, 9.17) is 5.10 Å². The second kappa shape index (κ2) is 5.90. The van der Waals surface area contributed by atoms with E-state index in [0.29, 0.717) is 11.7 Å². The van der Waals surface area contributed by atoms with Gasteiger partial charge in [0.15, 0.2) is 5.65 Å². The molecular formula is C20H21N5O. The molecule has 1 aliphatic carbocycles. The zero-order valence-corrected chi connectivity index (χ0v) is 14.8. The topological polar surface area (TPSA) is 72.7 Å². The normalized spacial score (nSPS) is 20.3. The average molecular weight is 347 g/mol. The van der Waals surface area contributed by atoms with Gasteiger partial charge in [0.25, 0.3) is 0 Å². The van der Waals surface area contributed by atoms with Gasteiger partial charge in [-0.15, -0.1) is 0 Å². The van der Waals surface area contributed by atoms with Crippen molar-refractivity contribution in [3.63, 3.8) is 0 Å². The number of aromatic nitrogens is 4. The molecule has 0 saturated heterocycles. The molecule has 3 aromatic rings. The number of benzene rings is 1. The molecule has 2 aromatic heterocycles. The smallest absolute Gasteiger partial charge is 0.238 e. The number of nitrogens with one attached hydrogen (secondary N) is 1. The van der Waals surface area contributed by atoms with Gasteiger partial charge in [0, 0.05) is 11.9 Å². The molecular weight excluding hydrogens is 326 g/mol. The Balaban J connectivity index is 1.62. The summed E-state index contributed by atoms with van der Waals surface area (Å²) in [4.78, 5) is 21.6. The van der Waals surface area contributed by atoms with Crippen molar-refractivity contribution in [3.05, 3.63) is 47.5 Å². The number of amides is 1. The first-order valence-electron chi connectivity index (χ1n) is 9.32. The van der Waals surface area contributed by atoms with Crippen LogP contribution in [-0.2, 0) is 4.79 Å². The highest BCUT2D eigenvalue weighted by Gasteiger charge is 2.35. The molecule has 1 N–H and O–H groups in total. The van der Waals surface area contributed by atoms with Crippen LogP contribution in [0, 0.1) is 6.92 Å². The average Bonchev–Trinajstić information content (AvgIpc) is 3.23. The number of fused-ring (bicyclic) bond motifs is 2. The summed E-state index contributed by atoms with van der Waals surface area (Å²) in [7, 11) is 0. The Morgan fingerprint density at radius 2 is 2.00 bits per heavy atom. The van der Waals surface area contributed by atoms with E-state index in [1.807, 2.05) is 29.9 Å². The van der Waals surface area contributed by atoms with Crippen molar-refractivity contribution in [2.24, 2.45) is 0 Å². The first-order valence-corrected chi connectivity index (χ1v) is 9.32. The molecule has 132 valence electrons. The maximum Gasteiger partial charge on any atom is 0.238 e. The lowest BCUT2D eigenvalue weighted by Gasteiger charge is -2.21. The van der Waals surface area contributed by atoms with Gasteiger partial charge in [-0.05, 0) is 31.4 Å². The molecule has 1 atom stereocenters. The monoisotopic (exact) mass is 347 g/mol. The third kappa shape index (κ3) is 2.40. The summed E-state index contributed by atoms with van der Waals surface area (Å²) in [6.45, 7) is 2.04. The number of carbonyl (C=O) groups is 1. The van der Waals surface area contributed by atoms with Crippen molar-refractivity contribution in [3.8, 4) is 0 Å². The van der Waals surface area contributed by atoms with Crippen molar-refractivity contribution >= 4 is 22.6 Å². The molecule has 0 radical (unpaired) electrons. The third-order valence-electron chi connectivity index (χ3n) is 5.63. The maximum atomic E-state index is 12.7. The van der Waals surface area contributed by atoms with Crippen LogP contribution in [0.4, 0.5) is 5.69 Å². The van der Waals surface area contributed by atoms with Gasteiger partial charge in [0.05, 0.1) is 17.1 Å². The molecule has 6 heteroatoms. The van der Waals surface area contributed by atoms with Crippen LogP contribution in [0.5, 0.6) is 0 Å². The molecule has 6 nitrogen and oxygen atoms in total. The fourth-order valence-electron chi connectivity index (χ4n) is 4.29. The number of nitrogens with zero attached hydrogens (tertiary/aromatic N) is 4. The van der Waals surface area contributed by atoms with E-state index in [0.717, 1.165) is 40.7 Å². The Morgan fingerprint density at radius 1 is 1.15 bits per heavy atom. The van der Waals surface area contributed by atoms with E-state index in [2.05, 4.69) is 21.4 Å². The number of carbonyl (C=O) groups excluding carboxylic acids is 1. The number of anilines is 1. The Kier molecular flexibility index (Phi) is 3.51. The molecule has 1 amide bonds. The van der Waals surface area contributed by atoms with Crippen LogP contribution in [0.2, 0.25) is 0 Å². The van der Waals surface area contributed by atoms with Crippen LogP contribution in [0.3, 0.4) is 0 Å². The van der Waals surface area contributed by atoms with Gasteiger partial charge in [0.2, 0.25) is 5.91 Å². The lowest BCUT2D eigenvalue weighted by atomic mass is 9.94. The van der Waals surface area contributed by atoms with E-state index >= 15 is 0 Å². The number of hydrogen-bond acceptors (Lipinski definition) is 4. The molecule has 3 heterocycles. The Bertz CT molecular complexity index is 1000. The summed E-state index contributed by atoms with van der Waals surface area (Å²) in [5.74, 6) is -0.435. The molecule has 26 heavy (non-hydrogen) atoms. The first kappa shape index (κ1) is 15.5. The zero-order valence-electron chi connectivity index (χ0n) is 14.8. The van der Waals surface area contributed by atoms with Crippen molar-refractivity contribution in [2.45, 2.75) is 51.0 Å². The van der Waals surface area contributed by atoms with Gasteiger partial charge >= 0.3 is 0 Å². The summed E-state index contributed by atoms with van der Waals surface area (Å²) in [6, 6.07) is 6.47. The van der Waals surface area contributed by atoms with Crippen molar-refractivity contribution < 1.29 is 4.79 Å². The Morgan fingerprint density at radius 3 is 2.85 bits per heavy atom. The molecule has 1 saturated carbocycles. The van der Waals surface area contributed by atoms with Gasteiger partial charge in [-0.3, -0.25) is 9.48 Å². The highest BCUT2D eigenvalue weighted by atomic mass is 16.2. The molecule has 0 spiro atoms. The fourth-order valence-corrected chi connectivity index (χ4v) is 4.29. The minimum Gasteiger partial charge on any atom is -0.325 e. The van der Waals surface area contributed by atoms with E-state index < -0.39 is 5.92 Å². The van der Waals surface area contributed by atoms with Crippen molar-refractivity contribution in [2.75, 3.05) is 5.32 Å². The molecule has 1 fully saturated rings. The summed E-state index contributed by atoms with van der Waals surface area (Å²) in [5, 5.41) is 8.56. The Labute approximate surface area is 151 Å². The standard InChI is InChI=1S/C20H21N5O/c1-12-7-8-16-14(9-12)17(20(26)23-16)18-15-10-25(13-5-3-2-4-6-13)24-19(15)22-11-21-18/h7-11,13,17H,2-6H2,1H3,(H,23,26). The lowest BCUT2D eigenvalue weighted by Crippen LogP contribution is -2.15. The molecule has 1 aromatic carbocycles. The SMILES string of the molecule is Cc1ccc2c(c1)C(c1ncnc3nn(C4CCCCC4)cc13)C(=O)N2. The fraction of sp³-hybridized carbons (Fsp3) is 0.400. The summed E-state index contributed by atoms with van der Waals surface area (Å²) in [6.07, 6.45) is 9.68. The summed E-state index contributed by atoms with van der Waals surface area (Å²) >= 11 is 0.